The summed E-state index contributed by atoms with van der Waals surface area (Å²) in [5.74, 6) is 0. The third-order valence-electron chi connectivity index (χ3n) is 3.21. The van der Waals surface area contributed by atoms with Crippen LogP contribution in [0.25, 0.3) is 0 Å². The molecule has 1 fully saturated rings. The van der Waals surface area contributed by atoms with Gasteiger partial charge in [0.1, 0.15) is 0 Å². The summed E-state index contributed by atoms with van der Waals surface area (Å²) in [5, 5.41) is 11.0. The zero-order chi connectivity index (χ0) is 14.9. The first-order chi connectivity index (χ1) is 10.3. The van der Waals surface area contributed by atoms with E-state index >= 15 is 0 Å². The van der Waals surface area contributed by atoms with E-state index in [9.17, 15) is 0 Å². The number of rotatable bonds is 2. The van der Waals surface area contributed by atoms with Crippen LogP contribution < -0.4 is 4.90 Å². The molecule has 4 nitrogen and oxygen atoms in total. The lowest BCUT2D eigenvalue weighted by Gasteiger charge is -2.16. The summed E-state index contributed by atoms with van der Waals surface area (Å²) in [7, 11) is 0. The van der Waals surface area contributed by atoms with Crippen molar-refractivity contribution in [3.63, 3.8) is 0 Å². The molecule has 1 aromatic carbocycles. The van der Waals surface area contributed by atoms with Gasteiger partial charge in [-0.3, -0.25) is 4.98 Å². The summed E-state index contributed by atoms with van der Waals surface area (Å²) in [6.07, 6.45) is 7.76. The monoisotopic (exact) mass is 347 g/mol. The topological polar surface area (TPSA) is 48.7 Å². The van der Waals surface area contributed by atoms with Crippen molar-refractivity contribution in [1.29, 1.82) is 0 Å². The number of halogens is 1. The van der Waals surface area contributed by atoms with Crippen LogP contribution in [0.2, 0.25) is 0 Å². The minimum atomic E-state index is 0.880. The highest BCUT2D eigenvalue weighted by atomic mass is 79.9. The molecule has 2 heterocycles. The smallest absolute Gasteiger partial charge is 0.0733 e. The molecule has 0 radical (unpaired) electrons. The Labute approximate surface area is 133 Å². The molecule has 0 unspecified atom stereocenters. The van der Waals surface area contributed by atoms with Crippen LogP contribution in [0.4, 0.5) is 5.69 Å². The van der Waals surface area contributed by atoms with Gasteiger partial charge in [-0.15, -0.1) is 0 Å². The Morgan fingerprint density at radius 3 is 2.24 bits per heavy atom. The molecular formula is C16H18BrN3O. The first kappa shape index (κ1) is 15.5. The van der Waals surface area contributed by atoms with Gasteiger partial charge in [-0.05, 0) is 42.7 Å². The fourth-order valence-electron chi connectivity index (χ4n) is 2.15. The van der Waals surface area contributed by atoms with Crippen LogP contribution in [0.3, 0.4) is 0 Å². The summed E-state index contributed by atoms with van der Waals surface area (Å²) in [6.45, 7) is 2.42. The maximum atomic E-state index is 8.15. The molecule has 110 valence electrons. The maximum Gasteiger partial charge on any atom is 0.0733 e. The SMILES string of the molecule is O/N=C/c1ccc(Br)cc1.c1cc(N2CCCC2)ccn1. The second-order valence-corrected chi connectivity index (χ2v) is 5.61. The number of pyridine rings is 1. The van der Waals surface area contributed by atoms with Crippen LogP contribution in [-0.4, -0.2) is 29.5 Å². The minimum Gasteiger partial charge on any atom is -0.411 e. The molecule has 1 aromatic heterocycles. The van der Waals surface area contributed by atoms with Gasteiger partial charge in [-0.1, -0.05) is 33.2 Å². The molecule has 1 N–H and O–H groups in total. The van der Waals surface area contributed by atoms with Crippen molar-refractivity contribution in [3.8, 4) is 0 Å². The highest BCUT2D eigenvalue weighted by Gasteiger charge is 2.10. The van der Waals surface area contributed by atoms with Crippen LogP contribution >= 0.6 is 15.9 Å². The van der Waals surface area contributed by atoms with E-state index in [1.54, 1.807) is 0 Å². The lowest BCUT2D eigenvalue weighted by molar-refractivity contribution is 0.322. The molecule has 0 saturated carbocycles. The standard InChI is InChI=1S/C9H12N2.C7H6BrNO/c1-2-8-11(7-1)9-3-5-10-6-4-9;8-7-3-1-6(2-4-7)5-9-10/h3-6H,1-2,7-8H2;1-5,10H/b;9-5+. The molecule has 21 heavy (non-hydrogen) atoms. The molecule has 1 aliphatic rings. The first-order valence-corrected chi connectivity index (χ1v) is 7.67. The molecule has 5 heteroatoms. The quantitative estimate of drug-likeness (QED) is 0.508. The summed E-state index contributed by atoms with van der Waals surface area (Å²) in [4.78, 5) is 6.39. The first-order valence-electron chi connectivity index (χ1n) is 6.87. The summed E-state index contributed by atoms with van der Waals surface area (Å²) in [5.41, 5.74) is 2.20. The van der Waals surface area contributed by atoms with E-state index in [1.807, 2.05) is 36.7 Å². The van der Waals surface area contributed by atoms with Crippen LogP contribution in [-0.2, 0) is 0 Å². The van der Waals surface area contributed by atoms with Crippen molar-refractivity contribution in [3.05, 3.63) is 58.8 Å². The largest absolute Gasteiger partial charge is 0.411 e. The second-order valence-electron chi connectivity index (χ2n) is 4.70. The van der Waals surface area contributed by atoms with Crippen molar-refractivity contribution in [2.45, 2.75) is 12.8 Å². The Hall–Kier alpha value is -1.88. The summed E-state index contributed by atoms with van der Waals surface area (Å²) < 4.78 is 1.02. The van der Waals surface area contributed by atoms with Crippen molar-refractivity contribution in [1.82, 2.24) is 4.98 Å². The van der Waals surface area contributed by atoms with Gasteiger partial charge in [-0.25, -0.2) is 0 Å². The predicted octanol–water partition coefficient (Wildman–Crippen LogP) is 3.94. The third kappa shape index (κ3) is 5.19. The van der Waals surface area contributed by atoms with Gasteiger partial charge >= 0.3 is 0 Å². The van der Waals surface area contributed by atoms with Crippen LogP contribution in [0.15, 0.2) is 58.4 Å². The van der Waals surface area contributed by atoms with Crippen molar-refractivity contribution in [2.75, 3.05) is 18.0 Å². The number of hydrogen-bond acceptors (Lipinski definition) is 4. The van der Waals surface area contributed by atoms with Crippen LogP contribution in [0.1, 0.15) is 18.4 Å². The zero-order valence-electron chi connectivity index (χ0n) is 11.7. The Morgan fingerprint density at radius 2 is 1.67 bits per heavy atom. The normalized spacial score (nSPS) is 14.0. The molecule has 1 aliphatic heterocycles. The Kier molecular flexibility index (Phi) is 6.22. The predicted molar refractivity (Wildman–Crippen MR) is 89.2 cm³/mol. The molecule has 0 bridgehead atoms. The number of hydrogen-bond donors (Lipinski definition) is 1. The van der Waals surface area contributed by atoms with Gasteiger partial charge in [0.25, 0.3) is 0 Å². The van der Waals surface area contributed by atoms with E-state index in [4.69, 9.17) is 5.21 Å². The van der Waals surface area contributed by atoms with Gasteiger partial charge in [0.2, 0.25) is 0 Å². The average Bonchev–Trinajstić information content (AvgIpc) is 3.06. The molecule has 3 rings (SSSR count). The average molecular weight is 348 g/mol. The van der Waals surface area contributed by atoms with Crippen molar-refractivity contribution >= 4 is 27.8 Å². The fourth-order valence-corrected chi connectivity index (χ4v) is 2.41. The Morgan fingerprint density at radius 1 is 1.05 bits per heavy atom. The minimum absolute atomic E-state index is 0.880. The molecule has 2 aromatic rings. The summed E-state index contributed by atoms with van der Waals surface area (Å²) in [6, 6.07) is 11.6. The van der Waals surface area contributed by atoms with E-state index in [1.165, 1.54) is 37.8 Å². The van der Waals surface area contributed by atoms with Gasteiger partial charge in [0, 0.05) is 35.6 Å². The van der Waals surface area contributed by atoms with Gasteiger partial charge in [0.15, 0.2) is 0 Å². The highest BCUT2D eigenvalue weighted by Crippen LogP contribution is 2.17. The lowest BCUT2D eigenvalue weighted by Crippen LogP contribution is -2.17. The second kappa shape index (κ2) is 8.42. The van der Waals surface area contributed by atoms with Crippen molar-refractivity contribution in [2.24, 2.45) is 5.16 Å². The van der Waals surface area contributed by atoms with Gasteiger partial charge in [-0.2, -0.15) is 0 Å². The van der Waals surface area contributed by atoms with E-state index in [2.05, 4.69) is 43.1 Å². The van der Waals surface area contributed by atoms with Crippen molar-refractivity contribution < 1.29 is 5.21 Å². The third-order valence-corrected chi connectivity index (χ3v) is 3.74. The summed E-state index contributed by atoms with van der Waals surface area (Å²) >= 11 is 3.29. The molecule has 1 saturated heterocycles. The number of aromatic nitrogens is 1. The maximum absolute atomic E-state index is 8.15. The van der Waals surface area contributed by atoms with E-state index in [-0.39, 0.29) is 0 Å². The van der Waals surface area contributed by atoms with E-state index in [0.29, 0.717) is 0 Å². The number of benzene rings is 1. The molecule has 0 amide bonds. The molecule has 0 spiro atoms. The van der Waals surface area contributed by atoms with Crippen LogP contribution in [0.5, 0.6) is 0 Å². The van der Waals surface area contributed by atoms with Gasteiger partial charge < -0.3 is 10.1 Å². The van der Waals surface area contributed by atoms with Crippen LogP contribution in [0, 0.1) is 0 Å². The molecule has 0 aliphatic carbocycles. The van der Waals surface area contributed by atoms with Gasteiger partial charge in [0.05, 0.1) is 6.21 Å². The van der Waals surface area contributed by atoms with E-state index in [0.717, 1.165) is 10.0 Å². The Bertz CT molecular complexity index is 551. The molecule has 0 atom stereocenters. The highest BCUT2D eigenvalue weighted by molar-refractivity contribution is 9.10. The Balaban J connectivity index is 0.000000155. The lowest BCUT2D eigenvalue weighted by atomic mass is 10.2. The number of nitrogens with zero attached hydrogens (tertiary/aromatic N) is 3. The number of anilines is 1. The van der Waals surface area contributed by atoms with E-state index < -0.39 is 0 Å². The fraction of sp³-hybridized carbons (Fsp3) is 0.250. The number of oxime groups is 1. The molecular weight excluding hydrogens is 330 g/mol. The zero-order valence-corrected chi connectivity index (χ0v) is 13.3.